The number of benzene rings is 1. The Bertz CT molecular complexity index is 382. The van der Waals surface area contributed by atoms with E-state index in [1.807, 2.05) is 0 Å². The molecule has 1 unspecified atom stereocenters. The van der Waals surface area contributed by atoms with E-state index in [9.17, 15) is 0 Å². The molecule has 0 aromatic heterocycles. The number of hydrogen-bond donors (Lipinski definition) is 1. The Morgan fingerprint density at radius 3 is 2.65 bits per heavy atom. The Balaban J connectivity index is 2.30. The zero-order chi connectivity index (χ0) is 14.8. The van der Waals surface area contributed by atoms with Crippen LogP contribution >= 0.6 is 0 Å². The molecule has 0 heterocycles. The summed E-state index contributed by atoms with van der Waals surface area (Å²) in [5.74, 6) is 0.946. The maximum Gasteiger partial charge on any atom is 0.123 e. The highest BCUT2D eigenvalue weighted by Crippen LogP contribution is 2.25. The van der Waals surface area contributed by atoms with Gasteiger partial charge in [0.15, 0.2) is 0 Å². The summed E-state index contributed by atoms with van der Waals surface area (Å²) in [5, 5.41) is 3.49. The number of nitrogens with one attached hydrogen (secondary N) is 1. The number of methoxy groups -OCH3 is 2. The fraction of sp³-hybridized carbons (Fsp3) is 0.625. The highest BCUT2D eigenvalue weighted by atomic mass is 16.5. The van der Waals surface area contributed by atoms with Crippen LogP contribution in [0.1, 0.15) is 30.5 Å². The molecule has 1 rings (SSSR count). The van der Waals surface area contributed by atoms with E-state index in [-0.39, 0.29) is 6.04 Å². The van der Waals surface area contributed by atoms with Crippen molar-refractivity contribution in [2.45, 2.75) is 26.3 Å². The fourth-order valence-corrected chi connectivity index (χ4v) is 2.02. The summed E-state index contributed by atoms with van der Waals surface area (Å²) in [5.41, 5.74) is 2.41. The fourth-order valence-electron chi connectivity index (χ4n) is 2.02. The minimum absolute atomic E-state index is 0.268. The molecule has 114 valence electrons. The van der Waals surface area contributed by atoms with Crippen molar-refractivity contribution in [3.8, 4) is 5.75 Å². The van der Waals surface area contributed by atoms with Crippen LogP contribution in [-0.4, -0.2) is 40.6 Å². The molecule has 0 bridgehead atoms. The van der Waals surface area contributed by atoms with Crippen molar-refractivity contribution >= 4 is 0 Å². The van der Waals surface area contributed by atoms with E-state index >= 15 is 0 Å². The van der Waals surface area contributed by atoms with Gasteiger partial charge in [-0.05, 0) is 38.4 Å². The van der Waals surface area contributed by atoms with Crippen LogP contribution in [0.5, 0.6) is 5.75 Å². The van der Waals surface area contributed by atoms with Gasteiger partial charge in [-0.2, -0.15) is 0 Å². The lowest BCUT2D eigenvalue weighted by Crippen LogP contribution is -2.21. The highest BCUT2D eigenvalue weighted by molar-refractivity contribution is 5.38. The molecule has 0 saturated heterocycles. The van der Waals surface area contributed by atoms with Gasteiger partial charge in [0.25, 0.3) is 0 Å². The van der Waals surface area contributed by atoms with Gasteiger partial charge < -0.3 is 19.5 Å². The molecule has 1 atom stereocenters. The maximum atomic E-state index is 5.44. The lowest BCUT2D eigenvalue weighted by molar-refractivity contribution is 0.0693. The van der Waals surface area contributed by atoms with E-state index in [4.69, 9.17) is 14.2 Å². The van der Waals surface area contributed by atoms with Crippen molar-refractivity contribution in [3.63, 3.8) is 0 Å². The third-order valence-electron chi connectivity index (χ3n) is 3.20. The third-order valence-corrected chi connectivity index (χ3v) is 3.20. The van der Waals surface area contributed by atoms with E-state index in [0.29, 0.717) is 13.2 Å². The molecular formula is C16H27NO3. The Labute approximate surface area is 122 Å². The van der Waals surface area contributed by atoms with Gasteiger partial charge in [0.05, 0.1) is 20.3 Å². The summed E-state index contributed by atoms with van der Waals surface area (Å²) in [6.07, 6.45) is 0.988. The molecular weight excluding hydrogens is 254 g/mol. The first-order valence-corrected chi connectivity index (χ1v) is 7.13. The second-order valence-electron chi connectivity index (χ2n) is 4.88. The van der Waals surface area contributed by atoms with Crippen LogP contribution in [0, 0.1) is 6.92 Å². The van der Waals surface area contributed by atoms with Crippen LogP contribution in [0.2, 0.25) is 0 Å². The topological polar surface area (TPSA) is 39.7 Å². The Hall–Kier alpha value is -1.10. The molecule has 0 amide bonds. The van der Waals surface area contributed by atoms with E-state index in [1.165, 1.54) is 11.1 Å². The van der Waals surface area contributed by atoms with Crippen molar-refractivity contribution in [3.05, 3.63) is 29.3 Å². The predicted molar refractivity (Wildman–Crippen MR) is 81.5 cm³/mol. The molecule has 0 saturated carbocycles. The molecule has 0 radical (unpaired) electrons. The van der Waals surface area contributed by atoms with Crippen LogP contribution in [0.25, 0.3) is 0 Å². The van der Waals surface area contributed by atoms with Crippen molar-refractivity contribution in [1.29, 1.82) is 0 Å². The van der Waals surface area contributed by atoms with Crippen molar-refractivity contribution in [2.75, 3.05) is 40.6 Å². The van der Waals surface area contributed by atoms with E-state index in [1.54, 1.807) is 14.2 Å². The van der Waals surface area contributed by atoms with Gasteiger partial charge in [0.1, 0.15) is 5.75 Å². The van der Waals surface area contributed by atoms with Crippen LogP contribution in [0.3, 0.4) is 0 Å². The first kappa shape index (κ1) is 17.0. The molecule has 0 aliphatic rings. The van der Waals surface area contributed by atoms with Gasteiger partial charge in [-0.15, -0.1) is 0 Å². The van der Waals surface area contributed by atoms with Crippen LogP contribution in [-0.2, 0) is 9.47 Å². The zero-order valence-corrected chi connectivity index (χ0v) is 13.1. The maximum absolute atomic E-state index is 5.44. The number of aryl methyl sites for hydroxylation is 1. The lowest BCUT2D eigenvalue weighted by Gasteiger charge is -2.17. The standard InChI is InChI=1S/C16H27NO3/c1-13-6-7-15(16(12-13)19-4)14(2)17-8-5-9-20-11-10-18-3/h6-7,12,14,17H,5,8-11H2,1-4H3. The van der Waals surface area contributed by atoms with E-state index in [0.717, 1.165) is 25.3 Å². The van der Waals surface area contributed by atoms with Gasteiger partial charge in [-0.3, -0.25) is 0 Å². The van der Waals surface area contributed by atoms with Gasteiger partial charge in [0, 0.05) is 25.3 Å². The normalized spacial score (nSPS) is 12.4. The number of rotatable bonds is 10. The van der Waals surface area contributed by atoms with Crippen molar-refractivity contribution < 1.29 is 14.2 Å². The SMILES string of the molecule is COCCOCCCNC(C)c1ccc(C)cc1OC. The van der Waals surface area contributed by atoms with Crippen molar-refractivity contribution in [2.24, 2.45) is 0 Å². The average molecular weight is 281 g/mol. The summed E-state index contributed by atoms with van der Waals surface area (Å²) < 4.78 is 15.8. The van der Waals surface area contributed by atoms with E-state index < -0.39 is 0 Å². The molecule has 0 aliphatic carbocycles. The second kappa shape index (κ2) is 9.75. The minimum Gasteiger partial charge on any atom is -0.496 e. The Morgan fingerprint density at radius 2 is 1.95 bits per heavy atom. The number of hydrogen-bond acceptors (Lipinski definition) is 4. The molecule has 0 aliphatic heterocycles. The second-order valence-corrected chi connectivity index (χ2v) is 4.88. The average Bonchev–Trinajstić information content (AvgIpc) is 2.45. The van der Waals surface area contributed by atoms with Gasteiger partial charge in [0.2, 0.25) is 0 Å². The number of ether oxygens (including phenoxy) is 3. The predicted octanol–water partition coefficient (Wildman–Crippen LogP) is 2.71. The van der Waals surface area contributed by atoms with Crippen LogP contribution < -0.4 is 10.1 Å². The van der Waals surface area contributed by atoms with Crippen LogP contribution in [0.4, 0.5) is 0 Å². The lowest BCUT2D eigenvalue weighted by atomic mass is 10.0. The summed E-state index contributed by atoms with van der Waals surface area (Å²) in [6.45, 7) is 7.22. The molecule has 4 heteroatoms. The summed E-state index contributed by atoms with van der Waals surface area (Å²) in [7, 11) is 3.40. The third kappa shape index (κ3) is 5.90. The highest BCUT2D eigenvalue weighted by Gasteiger charge is 2.10. The molecule has 0 fully saturated rings. The smallest absolute Gasteiger partial charge is 0.123 e. The first-order valence-electron chi connectivity index (χ1n) is 7.13. The molecule has 20 heavy (non-hydrogen) atoms. The zero-order valence-electron chi connectivity index (χ0n) is 13.1. The molecule has 0 spiro atoms. The monoisotopic (exact) mass is 281 g/mol. The van der Waals surface area contributed by atoms with Crippen molar-refractivity contribution in [1.82, 2.24) is 5.32 Å². The quantitative estimate of drug-likeness (QED) is 0.669. The largest absolute Gasteiger partial charge is 0.496 e. The van der Waals surface area contributed by atoms with E-state index in [2.05, 4.69) is 37.4 Å². The summed E-state index contributed by atoms with van der Waals surface area (Å²) in [6, 6.07) is 6.58. The van der Waals surface area contributed by atoms with Gasteiger partial charge >= 0.3 is 0 Å². The van der Waals surface area contributed by atoms with Gasteiger partial charge in [-0.25, -0.2) is 0 Å². The summed E-state index contributed by atoms with van der Waals surface area (Å²) in [4.78, 5) is 0. The van der Waals surface area contributed by atoms with Gasteiger partial charge in [-0.1, -0.05) is 12.1 Å². The molecule has 4 nitrogen and oxygen atoms in total. The summed E-state index contributed by atoms with van der Waals surface area (Å²) >= 11 is 0. The Morgan fingerprint density at radius 1 is 1.15 bits per heavy atom. The first-order chi connectivity index (χ1) is 9.69. The molecule has 1 N–H and O–H groups in total. The van der Waals surface area contributed by atoms with Crippen LogP contribution in [0.15, 0.2) is 18.2 Å². The Kier molecular flexibility index (Phi) is 8.26. The molecule has 1 aromatic carbocycles. The molecule has 1 aromatic rings. The minimum atomic E-state index is 0.268.